The Bertz CT molecular complexity index is 1470. The van der Waals surface area contributed by atoms with Crippen molar-refractivity contribution < 1.29 is 43.9 Å². The van der Waals surface area contributed by atoms with Gasteiger partial charge in [-0.1, -0.05) is 6.08 Å². The molecule has 0 bridgehead atoms. The molecule has 0 saturated heterocycles. The zero-order valence-electron chi connectivity index (χ0n) is 17.2. The van der Waals surface area contributed by atoms with Gasteiger partial charge in [0.05, 0.1) is 23.4 Å². The van der Waals surface area contributed by atoms with Crippen molar-refractivity contribution in [3.63, 3.8) is 0 Å². The maximum absolute atomic E-state index is 14.8. The Balaban J connectivity index is 2.64. The fourth-order valence-corrected chi connectivity index (χ4v) is 3.07. The summed E-state index contributed by atoms with van der Waals surface area (Å²) in [6.07, 6.45) is 2.10. The van der Waals surface area contributed by atoms with Crippen molar-refractivity contribution in [3.05, 3.63) is 116 Å². The fraction of sp³-hybridized carbons (Fsp3) is 0. The smallest absolute Gasteiger partial charge is 0.269 e. The van der Waals surface area contributed by atoms with E-state index in [4.69, 9.17) is 18.4 Å². The lowest BCUT2D eigenvalue weighted by Crippen LogP contribution is -2.29. The zero-order chi connectivity index (χ0) is 27.8. The van der Waals surface area contributed by atoms with Crippen LogP contribution < -0.4 is 4.90 Å². The van der Waals surface area contributed by atoms with Crippen molar-refractivity contribution in [3.8, 4) is 6.07 Å². The Morgan fingerprint density at radius 3 is 1.46 bits per heavy atom. The van der Waals surface area contributed by atoms with Gasteiger partial charge in [-0.05, 0) is 17.7 Å². The second-order valence-corrected chi connectivity index (χ2v) is 6.65. The van der Waals surface area contributed by atoms with E-state index in [2.05, 4.69) is 14.9 Å². The monoisotopic (exact) mass is 527 g/mol. The summed E-state index contributed by atoms with van der Waals surface area (Å²) in [5.41, 5.74) is -7.79. The SMILES string of the molecule is [C-]#[N+]/N=C1C=C/C(=C(/C#N)[N+]#[C-])C=C\1N(c1c(F)c(F)c(F)c(F)c1F)c1c(F)c(F)c(F)c(F)c1F. The summed E-state index contributed by atoms with van der Waals surface area (Å²) in [6, 6.07) is 1.38. The molecule has 2 aromatic carbocycles. The van der Waals surface area contributed by atoms with Crippen LogP contribution in [0, 0.1) is 82.6 Å². The number of rotatable bonds is 3. The van der Waals surface area contributed by atoms with Crippen LogP contribution in [0.15, 0.2) is 40.3 Å². The molecule has 0 N–H and O–H groups in total. The Morgan fingerprint density at radius 2 is 1.11 bits per heavy atom. The standard InChI is InChI=1S/C22H3F10N5/c1-34-9(6-33)7-3-4-8(36-35-2)10(5-7)37(21-17(29)13(25)11(23)14(26)18(21)30)22-19(31)15(27)12(24)16(28)20(22)32/h3-5H/b9-7+,36-8+. The number of hydrogen-bond acceptors (Lipinski definition) is 3. The number of anilines is 2. The zero-order valence-corrected chi connectivity index (χ0v) is 17.2. The van der Waals surface area contributed by atoms with E-state index in [0.29, 0.717) is 6.08 Å². The molecule has 0 aromatic heterocycles. The number of nitriles is 1. The maximum atomic E-state index is 14.8. The van der Waals surface area contributed by atoms with Gasteiger partial charge in [0.15, 0.2) is 52.2 Å². The predicted octanol–water partition coefficient (Wildman–Crippen LogP) is 6.64. The van der Waals surface area contributed by atoms with Crippen LogP contribution in [0.3, 0.4) is 0 Å². The van der Waals surface area contributed by atoms with Gasteiger partial charge in [0, 0.05) is 0 Å². The summed E-state index contributed by atoms with van der Waals surface area (Å²) < 4.78 is 143. The number of allylic oxidation sites excluding steroid dienone is 5. The van der Waals surface area contributed by atoms with Crippen LogP contribution in [0.4, 0.5) is 55.3 Å². The first kappa shape index (κ1) is 26.5. The minimum absolute atomic E-state index is 0.483. The lowest BCUT2D eigenvalue weighted by molar-refractivity contribution is 0.374. The van der Waals surface area contributed by atoms with Gasteiger partial charge in [0.1, 0.15) is 11.4 Å². The number of hydrogen-bond donors (Lipinski definition) is 0. The molecule has 5 nitrogen and oxygen atoms in total. The van der Waals surface area contributed by atoms with Crippen LogP contribution in [0.1, 0.15) is 0 Å². The topological polar surface area (TPSA) is 48.1 Å². The number of nitrogens with zero attached hydrogens (tertiary/aromatic N) is 5. The molecule has 0 amide bonds. The molecule has 0 unspecified atom stereocenters. The molecular weight excluding hydrogens is 524 g/mol. The Hall–Kier alpha value is -5.10. The second-order valence-electron chi connectivity index (χ2n) is 6.65. The minimum Gasteiger partial charge on any atom is -0.297 e. The highest BCUT2D eigenvalue weighted by Gasteiger charge is 2.39. The third kappa shape index (κ3) is 4.15. The molecule has 186 valence electrons. The quantitative estimate of drug-likeness (QED) is 0.112. The normalized spacial score (nSPS) is 15.1. The molecule has 1 aliphatic carbocycles. The molecule has 0 spiro atoms. The molecule has 0 heterocycles. The van der Waals surface area contributed by atoms with E-state index in [0.717, 1.165) is 12.2 Å². The van der Waals surface area contributed by atoms with Gasteiger partial charge < -0.3 is 0 Å². The van der Waals surface area contributed by atoms with Crippen LogP contribution >= 0.6 is 0 Å². The van der Waals surface area contributed by atoms with Crippen LogP contribution in [0.5, 0.6) is 0 Å². The van der Waals surface area contributed by atoms with Gasteiger partial charge in [-0.25, -0.2) is 54.0 Å². The van der Waals surface area contributed by atoms with E-state index < -0.39 is 97.1 Å². The van der Waals surface area contributed by atoms with E-state index in [1.807, 2.05) is 0 Å². The van der Waals surface area contributed by atoms with Crippen LogP contribution in [0.25, 0.3) is 9.80 Å². The first-order chi connectivity index (χ1) is 17.4. The van der Waals surface area contributed by atoms with Gasteiger partial charge in [0.25, 0.3) is 5.70 Å². The summed E-state index contributed by atoms with van der Waals surface area (Å²) >= 11 is 0. The third-order valence-electron chi connectivity index (χ3n) is 4.69. The molecule has 0 radical (unpaired) electrons. The highest BCUT2D eigenvalue weighted by Crippen LogP contribution is 2.43. The van der Waals surface area contributed by atoms with Gasteiger partial charge in [-0.3, -0.25) is 4.90 Å². The molecular formula is C22H3F10N5. The van der Waals surface area contributed by atoms with Crippen LogP contribution in [-0.4, -0.2) is 5.71 Å². The van der Waals surface area contributed by atoms with E-state index in [9.17, 15) is 43.9 Å². The van der Waals surface area contributed by atoms with Crippen molar-refractivity contribution in [1.82, 2.24) is 0 Å². The molecule has 2 aromatic rings. The lowest BCUT2D eigenvalue weighted by atomic mass is 10.0. The Morgan fingerprint density at radius 1 is 0.703 bits per heavy atom. The van der Waals surface area contributed by atoms with Crippen molar-refractivity contribution in [1.29, 1.82) is 5.26 Å². The number of benzene rings is 2. The highest BCUT2D eigenvalue weighted by atomic mass is 19.2. The van der Waals surface area contributed by atoms with E-state index in [1.165, 1.54) is 6.07 Å². The molecule has 3 rings (SSSR count). The summed E-state index contributed by atoms with van der Waals surface area (Å²) in [5.74, 6) is -27.2. The lowest BCUT2D eigenvalue weighted by Gasteiger charge is -2.30. The molecule has 0 saturated carbocycles. The Labute approximate surface area is 199 Å². The number of halogens is 10. The fourth-order valence-electron chi connectivity index (χ4n) is 3.07. The first-order valence-corrected chi connectivity index (χ1v) is 9.12. The van der Waals surface area contributed by atoms with Gasteiger partial charge >= 0.3 is 0 Å². The predicted molar refractivity (Wildman–Crippen MR) is 105 cm³/mol. The summed E-state index contributed by atoms with van der Waals surface area (Å²) in [4.78, 5) is 4.79. The Kier molecular flexibility index (Phi) is 7.07. The minimum atomic E-state index is -2.74. The molecule has 15 heteroatoms. The average Bonchev–Trinajstić information content (AvgIpc) is 2.89. The maximum Gasteiger partial charge on any atom is 0.269 e. The first-order valence-electron chi connectivity index (χ1n) is 9.12. The van der Waals surface area contributed by atoms with Gasteiger partial charge in [-0.15, -0.1) is 4.95 Å². The molecule has 37 heavy (non-hydrogen) atoms. The molecule has 0 aliphatic heterocycles. The van der Waals surface area contributed by atoms with Crippen molar-refractivity contribution in [2.75, 3.05) is 4.90 Å². The van der Waals surface area contributed by atoms with Crippen molar-refractivity contribution >= 4 is 17.1 Å². The van der Waals surface area contributed by atoms with Crippen molar-refractivity contribution in [2.24, 2.45) is 5.10 Å². The van der Waals surface area contributed by atoms with Gasteiger partial charge in [0.2, 0.25) is 11.6 Å². The summed E-state index contributed by atoms with van der Waals surface area (Å²) in [7, 11) is 0. The molecule has 1 aliphatic rings. The highest BCUT2D eigenvalue weighted by molar-refractivity contribution is 6.14. The van der Waals surface area contributed by atoms with Gasteiger partial charge in [-0.2, -0.15) is 6.57 Å². The third-order valence-corrected chi connectivity index (χ3v) is 4.69. The molecule has 0 fully saturated rings. The summed E-state index contributed by atoms with van der Waals surface area (Å²) in [5, 5.41) is 12.2. The van der Waals surface area contributed by atoms with Crippen LogP contribution in [-0.2, 0) is 0 Å². The largest absolute Gasteiger partial charge is 0.297 e. The van der Waals surface area contributed by atoms with Crippen LogP contribution in [0.2, 0.25) is 0 Å². The average molecular weight is 527 g/mol. The van der Waals surface area contributed by atoms with E-state index in [1.54, 1.807) is 0 Å². The van der Waals surface area contributed by atoms with Crippen molar-refractivity contribution in [2.45, 2.75) is 0 Å². The summed E-state index contributed by atoms with van der Waals surface area (Å²) in [6.45, 7) is 13.8. The molecule has 0 atom stereocenters. The second kappa shape index (κ2) is 9.87. The van der Waals surface area contributed by atoms with E-state index in [-0.39, 0.29) is 0 Å². The van der Waals surface area contributed by atoms with E-state index >= 15 is 0 Å².